The Bertz CT molecular complexity index is 925. The summed E-state index contributed by atoms with van der Waals surface area (Å²) in [7, 11) is 0. The zero-order valence-electron chi connectivity index (χ0n) is 15.0. The first-order valence-electron chi connectivity index (χ1n) is 9.15. The van der Waals surface area contributed by atoms with E-state index in [0.29, 0.717) is 18.0 Å². The summed E-state index contributed by atoms with van der Waals surface area (Å²) >= 11 is 0. The van der Waals surface area contributed by atoms with E-state index in [9.17, 15) is 9.18 Å². The standard InChI is InChI=1S/C21H21FN4O/c22-18-6-4-5-16(11-18)13-21(27)25-10-9-17(14-25)12-20-24-23-15-26(20)19-7-2-1-3-8-19/h1-8,11,15,17H,9-10,12-14H2. The Morgan fingerprint density at radius 3 is 2.81 bits per heavy atom. The van der Waals surface area contributed by atoms with Gasteiger partial charge in [-0.3, -0.25) is 9.36 Å². The van der Waals surface area contributed by atoms with Crippen molar-refractivity contribution in [1.82, 2.24) is 19.7 Å². The predicted octanol–water partition coefficient (Wildman–Crippen LogP) is 3.04. The highest BCUT2D eigenvalue weighted by Crippen LogP contribution is 2.22. The van der Waals surface area contributed by atoms with Gasteiger partial charge >= 0.3 is 0 Å². The largest absolute Gasteiger partial charge is 0.342 e. The summed E-state index contributed by atoms with van der Waals surface area (Å²) in [6, 6.07) is 16.2. The van der Waals surface area contributed by atoms with Crippen LogP contribution in [0.3, 0.4) is 0 Å². The molecule has 1 saturated heterocycles. The van der Waals surface area contributed by atoms with Crippen LogP contribution in [0.4, 0.5) is 4.39 Å². The summed E-state index contributed by atoms with van der Waals surface area (Å²) in [6.45, 7) is 1.44. The summed E-state index contributed by atoms with van der Waals surface area (Å²) in [4.78, 5) is 14.4. The normalized spacial score (nSPS) is 16.6. The smallest absolute Gasteiger partial charge is 0.227 e. The number of hydrogen-bond acceptors (Lipinski definition) is 3. The summed E-state index contributed by atoms with van der Waals surface area (Å²) in [5.41, 5.74) is 1.75. The third-order valence-electron chi connectivity index (χ3n) is 5.01. The van der Waals surface area contributed by atoms with Crippen LogP contribution in [0.25, 0.3) is 5.69 Å². The maximum Gasteiger partial charge on any atom is 0.227 e. The minimum atomic E-state index is -0.306. The molecule has 6 heteroatoms. The van der Waals surface area contributed by atoms with Crippen molar-refractivity contribution in [3.05, 3.63) is 78.1 Å². The molecule has 2 heterocycles. The van der Waals surface area contributed by atoms with Crippen LogP contribution in [0.2, 0.25) is 0 Å². The average molecular weight is 364 g/mol. The summed E-state index contributed by atoms with van der Waals surface area (Å²) < 4.78 is 15.3. The fourth-order valence-corrected chi connectivity index (χ4v) is 3.62. The number of carbonyl (C=O) groups excluding carboxylic acids is 1. The number of hydrogen-bond donors (Lipinski definition) is 0. The first-order valence-corrected chi connectivity index (χ1v) is 9.15. The van der Waals surface area contributed by atoms with Crippen molar-refractivity contribution in [1.29, 1.82) is 0 Å². The van der Waals surface area contributed by atoms with Gasteiger partial charge < -0.3 is 4.90 Å². The summed E-state index contributed by atoms with van der Waals surface area (Å²) in [5.74, 6) is 1.01. The van der Waals surface area contributed by atoms with Gasteiger partial charge in [-0.1, -0.05) is 30.3 Å². The van der Waals surface area contributed by atoms with Crippen LogP contribution in [-0.2, 0) is 17.6 Å². The summed E-state index contributed by atoms with van der Waals surface area (Å²) in [6.07, 6.45) is 3.69. The molecule has 1 aliphatic heterocycles. The molecule has 138 valence electrons. The molecule has 0 spiro atoms. The molecule has 0 N–H and O–H groups in total. The van der Waals surface area contributed by atoms with Crippen LogP contribution in [-0.4, -0.2) is 38.7 Å². The Hall–Kier alpha value is -3.02. The van der Waals surface area contributed by atoms with E-state index in [0.717, 1.165) is 30.9 Å². The number of benzene rings is 2. The van der Waals surface area contributed by atoms with E-state index in [2.05, 4.69) is 10.2 Å². The van der Waals surface area contributed by atoms with Gasteiger partial charge in [-0.2, -0.15) is 0 Å². The second kappa shape index (κ2) is 7.70. The molecule has 1 aliphatic rings. The van der Waals surface area contributed by atoms with E-state index in [1.165, 1.54) is 12.1 Å². The molecule has 0 radical (unpaired) electrons. The van der Waals surface area contributed by atoms with Gasteiger partial charge in [-0.05, 0) is 42.2 Å². The van der Waals surface area contributed by atoms with Crippen LogP contribution in [0, 0.1) is 11.7 Å². The quantitative estimate of drug-likeness (QED) is 0.699. The Morgan fingerprint density at radius 2 is 2.00 bits per heavy atom. The minimum Gasteiger partial charge on any atom is -0.342 e. The molecule has 1 amide bonds. The topological polar surface area (TPSA) is 51.0 Å². The van der Waals surface area contributed by atoms with E-state index in [1.807, 2.05) is 39.8 Å². The van der Waals surface area contributed by atoms with Crippen LogP contribution in [0.1, 0.15) is 17.8 Å². The van der Waals surface area contributed by atoms with Crippen molar-refractivity contribution in [2.75, 3.05) is 13.1 Å². The van der Waals surface area contributed by atoms with Crippen molar-refractivity contribution in [3.8, 4) is 5.69 Å². The Morgan fingerprint density at radius 1 is 1.15 bits per heavy atom. The molecular weight excluding hydrogens is 343 g/mol. The molecule has 0 aliphatic carbocycles. The molecule has 3 aromatic rings. The van der Waals surface area contributed by atoms with E-state index in [4.69, 9.17) is 0 Å². The molecule has 4 rings (SSSR count). The molecule has 0 bridgehead atoms. The molecule has 1 fully saturated rings. The highest BCUT2D eigenvalue weighted by molar-refractivity contribution is 5.79. The highest BCUT2D eigenvalue weighted by atomic mass is 19.1. The molecule has 5 nitrogen and oxygen atoms in total. The van der Waals surface area contributed by atoms with Crippen LogP contribution < -0.4 is 0 Å². The molecule has 2 aromatic carbocycles. The van der Waals surface area contributed by atoms with Crippen LogP contribution in [0.15, 0.2) is 60.9 Å². The number of rotatable bonds is 5. The molecule has 0 saturated carbocycles. The van der Waals surface area contributed by atoms with Crippen LogP contribution >= 0.6 is 0 Å². The van der Waals surface area contributed by atoms with Gasteiger partial charge in [0.1, 0.15) is 18.0 Å². The minimum absolute atomic E-state index is 0.0487. The van der Waals surface area contributed by atoms with E-state index in [1.54, 1.807) is 18.5 Å². The van der Waals surface area contributed by atoms with Crippen molar-refractivity contribution >= 4 is 5.91 Å². The number of carbonyl (C=O) groups is 1. The van der Waals surface area contributed by atoms with Crippen molar-refractivity contribution in [2.45, 2.75) is 19.3 Å². The van der Waals surface area contributed by atoms with Crippen molar-refractivity contribution in [2.24, 2.45) is 5.92 Å². The fraction of sp³-hybridized carbons (Fsp3) is 0.286. The first kappa shape index (κ1) is 17.4. The third kappa shape index (κ3) is 4.05. The number of aromatic nitrogens is 3. The van der Waals surface area contributed by atoms with E-state index in [-0.39, 0.29) is 18.1 Å². The number of halogens is 1. The fourth-order valence-electron chi connectivity index (χ4n) is 3.62. The van der Waals surface area contributed by atoms with Gasteiger partial charge in [0, 0.05) is 25.2 Å². The zero-order chi connectivity index (χ0) is 18.6. The Balaban J connectivity index is 1.38. The SMILES string of the molecule is O=C(Cc1cccc(F)c1)N1CCC(Cc2nncn2-c2ccccc2)C1. The Labute approximate surface area is 157 Å². The maximum atomic E-state index is 13.3. The van der Waals surface area contributed by atoms with E-state index < -0.39 is 0 Å². The third-order valence-corrected chi connectivity index (χ3v) is 5.01. The van der Waals surface area contributed by atoms with Gasteiger partial charge in [0.05, 0.1) is 6.42 Å². The first-order chi connectivity index (χ1) is 13.2. The van der Waals surface area contributed by atoms with Crippen molar-refractivity contribution < 1.29 is 9.18 Å². The van der Waals surface area contributed by atoms with Gasteiger partial charge in [-0.25, -0.2) is 4.39 Å². The van der Waals surface area contributed by atoms with Gasteiger partial charge in [-0.15, -0.1) is 10.2 Å². The number of nitrogens with zero attached hydrogens (tertiary/aromatic N) is 4. The second-order valence-electron chi connectivity index (χ2n) is 6.96. The monoisotopic (exact) mass is 364 g/mol. The highest BCUT2D eigenvalue weighted by Gasteiger charge is 2.27. The number of likely N-dealkylation sites (tertiary alicyclic amines) is 1. The lowest BCUT2D eigenvalue weighted by molar-refractivity contribution is -0.129. The Kier molecular flexibility index (Phi) is 4.96. The molecule has 27 heavy (non-hydrogen) atoms. The second-order valence-corrected chi connectivity index (χ2v) is 6.96. The molecule has 1 unspecified atom stereocenters. The van der Waals surface area contributed by atoms with E-state index >= 15 is 0 Å². The predicted molar refractivity (Wildman–Crippen MR) is 99.9 cm³/mol. The summed E-state index contributed by atoms with van der Waals surface area (Å²) in [5, 5.41) is 8.33. The zero-order valence-corrected chi connectivity index (χ0v) is 15.0. The van der Waals surface area contributed by atoms with Gasteiger partial charge in [0.2, 0.25) is 5.91 Å². The molecular formula is C21H21FN4O. The molecule has 1 aromatic heterocycles. The number of amides is 1. The lowest BCUT2D eigenvalue weighted by atomic mass is 10.0. The van der Waals surface area contributed by atoms with Crippen molar-refractivity contribution in [3.63, 3.8) is 0 Å². The lowest BCUT2D eigenvalue weighted by Gasteiger charge is -2.17. The van der Waals surface area contributed by atoms with Gasteiger partial charge in [0.25, 0.3) is 0 Å². The van der Waals surface area contributed by atoms with Gasteiger partial charge in [0.15, 0.2) is 0 Å². The molecule has 1 atom stereocenters. The number of para-hydroxylation sites is 1. The average Bonchev–Trinajstić information content (AvgIpc) is 3.32. The lowest BCUT2D eigenvalue weighted by Crippen LogP contribution is -2.30. The maximum absolute atomic E-state index is 13.3. The van der Waals surface area contributed by atoms with Crippen LogP contribution in [0.5, 0.6) is 0 Å².